The Labute approximate surface area is 122 Å². The molecule has 0 spiro atoms. The minimum Gasteiger partial charge on any atom is -0.341 e. The van der Waals surface area contributed by atoms with Crippen LogP contribution in [0.15, 0.2) is 0 Å². The first kappa shape index (κ1) is 14.3. The number of piperidine rings is 1. The van der Waals surface area contributed by atoms with Gasteiger partial charge in [-0.1, -0.05) is 19.3 Å². The maximum Gasteiger partial charge on any atom is 0.242 e. The lowest BCUT2D eigenvalue weighted by Crippen LogP contribution is -2.58. The standard InChI is InChI=1S/C16H29N3O/c17-16(8-2-1-3-9-16)15(20)19-12-6-14(7-13-19)18-10-4-5-11-18/h14H,1-13,17H2. The van der Waals surface area contributed by atoms with Crippen LogP contribution in [0.2, 0.25) is 0 Å². The quantitative estimate of drug-likeness (QED) is 0.837. The van der Waals surface area contributed by atoms with Crippen molar-refractivity contribution in [2.45, 2.75) is 69.4 Å². The van der Waals surface area contributed by atoms with Gasteiger partial charge in [-0.2, -0.15) is 0 Å². The number of nitrogens with two attached hydrogens (primary N) is 1. The van der Waals surface area contributed by atoms with Crippen LogP contribution in [0, 0.1) is 0 Å². The Hall–Kier alpha value is -0.610. The van der Waals surface area contributed by atoms with Crippen LogP contribution in [0.1, 0.15) is 57.8 Å². The topological polar surface area (TPSA) is 49.6 Å². The van der Waals surface area contributed by atoms with Gasteiger partial charge in [0, 0.05) is 19.1 Å². The van der Waals surface area contributed by atoms with Crippen molar-refractivity contribution in [3.05, 3.63) is 0 Å². The summed E-state index contributed by atoms with van der Waals surface area (Å²) < 4.78 is 0. The average Bonchev–Trinajstić information content (AvgIpc) is 3.02. The van der Waals surface area contributed by atoms with E-state index in [1.807, 2.05) is 0 Å². The molecule has 3 aliphatic rings. The molecular formula is C16H29N3O. The molecule has 0 aromatic rings. The van der Waals surface area contributed by atoms with Crippen molar-refractivity contribution >= 4 is 5.91 Å². The van der Waals surface area contributed by atoms with Gasteiger partial charge in [0.15, 0.2) is 0 Å². The Kier molecular flexibility index (Phi) is 4.32. The number of hydrogen-bond acceptors (Lipinski definition) is 3. The molecule has 20 heavy (non-hydrogen) atoms. The molecule has 0 radical (unpaired) electrons. The van der Waals surface area contributed by atoms with E-state index >= 15 is 0 Å². The highest BCUT2D eigenvalue weighted by Crippen LogP contribution is 2.29. The van der Waals surface area contributed by atoms with E-state index in [0.29, 0.717) is 6.04 Å². The fraction of sp³-hybridized carbons (Fsp3) is 0.938. The molecule has 0 aromatic heterocycles. The van der Waals surface area contributed by atoms with Crippen LogP contribution in [0.25, 0.3) is 0 Å². The third-order valence-electron chi connectivity index (χ3n) is 5.58. The van der Waals surface area contributed by atoms with E-state index in [9.17, 15) is 4.79 Å². The lowest BCUT2D eigenvalue weighted by Gasteiger charge is -2.41. The molecule has 0 atom stereocenters. The minimum absolute atomic E-state index is 0.233. The number of rotatable bonds is 2. The molecule has 114 valence electrons. The Bertz CT molecular complexity index is 338. The zero-order chi connectivity index (χ0) is 14.0. The summed E-state index contributed by atoms with van der Waals surface area (Å²) in [5, 5.41) is 0. The molecular weight excluding hydrogens is 250 g/mol. The summed E-state index contributed by atoms with van der Waals surface area (Å²) in [5.74, 6) is 0.233. The molecule has 2 aliphatic heterocycles. The zero-order valence-corrected chi connectivity index (χ0v) is 12.6. The van der Waals surface area contributed by atoms with E-state index < -0.39 is 5.54 Å². The summed E-state index contributed by atoms with van der Waals surface area (Å²) >= 11 is 0. The molecule has 3 rings (SSSR count). The van der Waals surface area contributed by atoms with Gasteiger partial charge in [-0.3, -0.25) is 4.79 Å². The number of likely N-dealkylation sites (tertiary alicyclic amines) is 2. The van der Waals surface area contributed by atoms with Crippen LogP contribution in [-0.2, 0) is 4.79 Å². The summed E-state index contributed by atoms with van der Waals surface area (Å²) in [4.78, 5) is 17.4. The van der Waals surface area contributed by atoms with Gasteiger partial charge in [0.1, 0.15) is 0 Å². The number of amides is 1. The third kappa shape index (κ3) is 2.86. The van der Waals surface area contributed by atoms with Crippen LogP contribution >= 0.6 is 0 Å². The van der Waals surface area contributed by atoms with Gasteiger partial charge in [-0.05, 0) is 51.6 Å². The Morgan fingerprint density at radius 1 is 0.900 bits per heavy atom. The smallest absolute Gasteiger partial charge is 0.242 e. The van der Waals surface area contributed by atoms with Gasteiger partial charge in [0.05, 0.1) is 5.54 Å². The maximum atomic E-state index is 12.7. The lowest BCUT2D eigenvalue weighted by molar-refractivity contribution is -0.139. The summed E-state index contributed by atoms with van der Waals surface area (Å²) in [6.07, 6.45) is 10.2. The van der Waals surface area contributed by atoms with Crippen molar-refractivity contribution in [3.63, 3.8) is 0 Å². The minimum atomic E-state index is -0.543. The van der Waals surface area contributed by atoms with E-state index in [4.69, 9.17) is 5.73 Å². The molecule has 0 aromatic carbocycles. The summed E-state index contributed by atoms with van der Waals surface area (Å²) in [7, 11) is 0. The van der Waals surface area contributed by atoms with Gasteiger partial charge >= 0.3 is 0 Å². The first-order valence-corrected chi connectivity index (χ1v) is 8.51. The molecule has 1 saturated carbocycles. The van der Waals surface area contributed by atoms with Crippen molar-refractivity contribution in [2.75, 3.05) is 26.2 Å². The normalized spacial score (nSPS) is 28.8. The summed E-state index contributed by atoms with van der Waals surface area (Å²) in [6.45, 7) is 4.36. The van der Waals surface area contributed by atoms with Crippen molar-refractivity contribution < 1.29 is 4.79 Å². The molecule has 4 nitrogen and oxygen atoms in total. The fourth-order valence-corrected chi connectivity index (χ4v) is 4.25. The van der Waals surface area contributed by atoms with Crippen LogP contribution in [0.4, 0.5) is 0 Å². The van der Waals surface area contributed by atoms with Crippen LogP contribution < -0.4 is 5.73 Å². The second-order valence-electron chi connectivity index (χ2n) is 6.98. The van der Waals surface area contributed by atoms with E-state index in [2.05, 4.69) is 9.80 Å². The average molecular weight is 279 g/mol. The second kappa shape index (κ2) is 6.02. The molecule has 1 amide bonds. The van der Waals surface area contributed by atoms with Gasteiger partial charge < -0.3 is 15.5 Å². The molecule has 2 N–H and O–H groups in total. The number of carbonyl (C=O) groups is 1. The Morgan fingerprint density at radius 3 is 2.10 bits per heavy atom. The largest absolute Gasteiger partial charge is 0.341 e. The maximum absolute atomic E-state index is 12.7. The van der Waals surface area contributed by atoms with Crippen molar-refractivity contribution in [1.82, 2.24) is 9.80 Å². The molecule has 0 bridgehead atoms. The van der Waals surface area contributed by atoms with Crippen LogP contribution in [0.3, 0.4) is 0 Å². The lowest BCUT2D eigenvalue weighted by atomic mass is 9.81. The van der Waals surface area contributed by atoms with Gasteiger partial charge in [0.25, 0.3) is 0 Å². The van der Waals surface area contributed by atoms with Gasteiger partial charge in [-0.15, -0.1) is 0 Å². The Morgan fingerprint density at radius 2 is 1.50 bits per heavy atom. The van der Waals surface area contributed by atoms with Gasteiger partial charge in [0.2, 0.25) is 5.91 Å². The predicted octanol–water partition coefficient (Wildman–Crippen LogP) is 1.73. The predicted molar refractivity (Wildman–Crippen MR) is 80.4 cm³/mol. The number of carbonyl (C=O) groups excluding carboxylic acids is 1. The molecule has 3 fully saturated rings. The van der Waals surface area contributed by atoms with Crippen molar-refractivity contribution in [2.24, 2.45) is 5.73 Å². The Balaban J connectivity index is 1.53. The summed E-state index contributed by atoms with van der Waals surface area (Å²) in [6, 6.07) is 0.710. The monoisotopic (exact) mass is 279 g/mol. The fourth-order valence-electron chi connectivity index (χ4n) is 4.25. The van der Waals surface area contributed by atoms with Crippen LogP contribution in [0.5, 0.6) is 0 Å². The highest BCUT2D eigenvalue weighted by molar-refractivity contribution is 5.86. The van der Waals surface area contributed by atoms with Gasteiger partial charge in [-0.25, -0.2) is 0 Å². The first-order chi connectivity index (χ1) is 9.69. The molecule has 2 heterocycles. The summed E-state index contributed by atoms with van der Waals surface area (Å²) in [5.41, 5.74) is 5.85. The molecule has 4 heteroatoms. The highest BCUT2D eigenvalue weighted by atomic mass is 16.2. The SMILES string of the molecule is NC1(C(=O)N2CCC(N3CCCC3)CC2)CCCCC1. The highest BCUT2D eigenvalue weighted by Gasteiger charge is 2.39. The van der Waals surface area contributed by atoms with E-state index in [1.54, 1.807) is 0 Å². The molecule has 2 saturated heterocycles. The molecule has 0 unspecified atom stereocenters. The van der Waals surface area contributed by atoms with E-state index in [-0.39, 0.29) is 5.91 Å². The van der Waals surface area contributed by atoms with E-state index in [0.717, 1.165) is 51.6 Å². The number of hydrogen-bond donors (Lipinski definition) is 1. The number of nitrogens with zero attached hydrogens (tertiary/aromatic N) is 2. The zero-order valence-electron chi connectivity index (χ0n) is 12.6. The second-order valence-corrected chi connectivity index (χ2v) is 6.98. The van der Waals surface area contributed by atoms with Crippen LogP contribution in [-0.4, -0.2) is 53.5 Å². The third-order valence-corrected chi connectivity index (χ3v) is 5.58. The van der Waals surface area contributed by atoms with Crippen molar-refractivity contribution in [3.8, 4) is 0 Å². The van der Waals surface area contributed by atoms with E-state index in [1.165, 1.54) is 32.4 Å². The first-order valence-electron chi connectivity index (χ1n) is 8.51. The molecule has 1 aliphatic carbocycles. The van der Waals surface area contributed by atoms with Crippen molar-refractivity contribution in [1.29, 1.82) is 0 Å².